The van der Waals surface area contributed by atoms with Crippen molar-refractivity contribution in [1.82, 2.24) is 10.4 Å². The molecule has 2 amide bonds. The number of carbonyl (C=O) groups is 2. The van der Waals surface area contributed by atoms with Crippen LogP contribution in [0, 0.1) is 0 Å². The van der Waals surface area contributed by atoms with Crippen LogP contribution in [-0.2, 0) is 16.1 Å². The van der Waals surface area contributed by atoms with E-state index in [4.69, 9.17) is 5.11 Å². The molecule has 0 saturated carbocycles. The molecule has 7 heteroatoms. The molecular formula is C12H16N2O5. The molecule has 3 N–H and O–H groups in total. The number of nitrogens with zero attached hydrogens (tertiary/aromatic N) is 1. The zero-order valence-electron chi connectivity index (χ0n) is 10.7. The first-order valence-electron chi connectivity index (χ1n) is 5.53. The third-order valence-electron chi connectivity index (χ3n) is 2.51. The van der Waals surface area contributed by atoms with Gasteiger partial charge >= 0.3 is 12.0 Å². The standard InChI is InChI=1S/C12H16N2O5/c1-14(19-2)12(18)13-10(11(16)17)7-8-4-3-5-9(15)6-8/h3-6,10,15H,7H2,1-2H3,(H,13,18)(H,16,17)/t10-/m1/s1. The average Bonchev–Trinajstić information content (AvgIpc) is 2.36. The molecule has 0 aromatic heterocycles. The number of nitrogens with one attached hydrogen (secondary N) is 1. The molecule has 0 aliphatic heterocycles. The highest BCUT2D eigenvalue weighted by Gasteiger charge is 2.22. The van der Waals surface area contributed by atoms with Gasteiger partial charge in [-0.15, -0.1) is 0 Å². The minimum Gasteiger partial charge on any atom is -0.508 e. The monoisotopic (exact) mass is 268 g/mol. The lowest BCUT2D eigenvalue weighted by Crippen LogP contribution is -2.47. The number of phenolic OH excluding ortho intramolecular Hbond substituents is 1. The Morgan fingerprint density at radius 2 is 2.16 bits per heavy atom. The Labute approximate surface area is 110 Å². The molecular weight excluding hydrogens is 252 g/mol. The molecule has 0 heterocycles. The van der Waals surface area contributed by atoms with Gasteiger partial charge in [0.1, 0.15) is 11.8 Å². The highest BCUT2D eigenvalue weighted by atomic mass is 16.7. The highest BCUT2D eigenvalue weighted by molar-refractivity contribution is 5.82. The first-order chi connectivity index (χ1) is 8.93. The van der Waals surface area contributed by atoms with Crippen LogP contribution in [0.25, 0.3) is 0 Å². The summed E-state index contributed by atoms with van der Waals surface area (Å²) in [7, 11) is 2.66. The minimum absolute atomic E-state index is 0.0435. The number of amides is 2. The van der Waals surface area contributed by atoms with E-state index in [2.05, 4.69) is 10.2 Å². The third-order valence-corrected chi connectivity index (χ3v) is 2.51. The Morgan fingerprint density at radius 1 is 1.47 bits per heavy atom. The number of urea groups is 1. The van der Waals surface area contributed by atoms with Gasteiger partial charge in [0.05, 0.1) is 7.11 Å². The maximum absolute atomic E-state index is 11.5. The van der Waals surface area contributed by atoms with Crippen molar-refractivity contribution in [3.05, 3.63) is 29.8 Å². The quantitative estimate of drug-likeness (QED) is 0.679. The fraction of sp³-hybridized carbons (Fsp3) is 0.333. The van der Waals surface area contributed by atoms with Crippen molar-refractivity contribution >= 4 is 12.0 Å². The summed E-state index contributed by atoms with van der Waals surface area (Å²) in [4.78, 5) is 27.3. The first kappa shape index (κ1) is 14.8. The second-order valence-electron chi connectivity index (χ2n) is 3.89. The number of hydrogen-bond donors (Lipinski definition) is 3. The van der Waals surface area contributed by atoms with E-state index in [0.29, 0.717) is 5.56 Å². The van der Waals surface area contributed by atoms with Crippen LogP contribution in [0.2, 0.25) is 0 Å². The third kappa shape index (κ3) is 4.47. The molecule has 0 spiro atoms. The molecule has 1 aromatic rings. The zero-order valence-corrected chi connectivity index (χ0v) is 10.7. The van der Waals surface area contributed by atoms with E-state index in [0.717, 1.165) is 5.06 Å². The Balaban J connectivity index is 2.74. The molecule has 1 rings (SSSR count). The van der Waals surface area contributed by atoms with E-state index in [9.17, 15) is 14.7 Å². The summed E-state index contributed by atoms with van der Waals surface area (Å²) in [6.45, 7) is 0. The molecule has 104 valence electrons. The number of benzene rings is 1. The molecule has 0 radical (unpaired) electrons. The molecule has 0 bridgehead atoms. The Kier molecular flexibility index (Phi) is 5.13. The minimum atomic E-state index is -1.17. The van der Waals surface area contributed by atoms with E-state index >= 15 is 0 Å². The fourth-order valence-corrected chi connectivity index (χ4v) is 1.44. The van der Waals surface area contributed by atoms with Crippen LogP contribution >= 0.6 is 0 Å². The van der Waals surface area contributed by atoms with Gasteiger partial charge in [-0.3, -0.25) is 4.84 Å². The summed E-state index contributed by atoms with van der Waals surface area (Å²) in [5.41, 5.74) is 0.604. The van der Waals surface area contributed by atoms with Crippen molar-refractivity contribution < 1.29 is 24.6 Å². The number of aliphatic carboxylic acids is 1. The number of carboxylic acid groups (broad SMARTS) is 1. The van der Waals surface area contributed by atoms with Gasteiger partial charge in [0.2, 0.25) is 0 Å². The lowest BCUT2D eigenvalue weighted by atomic mass is 10.1. The number of carboxylic acids is 1. The number of rotatable bonds is 5. The maximum atomic E-state index is 11.5. The SMILES string of the molecule is CON(C)C(=O)N[C@H](Cc1cccc(O)c1)C(=O)O. The molecule has 19 heavy (non-hydrogen) atoms. The fourth-order valence-electron chi connectivity index (χ4n) is 1.44. The largest absolute Gasteiger partial charge is 0.508 e. The average molecular weight is 268 g/mol. The van der Waals surface area contributed by atoms with E-state index < -0.39 is 18.0 Å². The van der Waals surface area contributed by atoms with Crippen molar-refractivity contribution in [2.45, 2.75) is 12.5 Å². The first-order valence-corrected chi connectivity index (χ1v) is 5.53. The van der Waals surface area contributed by atoms with Gasteiger partial charge < -0.3 is 15.5 Å². The van der Waals surface area contributed by atoms with Crippen LogP contribution in [0.5, 0.6) is 5.75 Å². The van der Waals surface area contributed by atoms with Crippen molar-refractivity contribution in [1.29, 1.82) is 0 Å². The maximum Gasteiger partial charge on any atom is 0.341 e. The lowest BCUT2D eigenvalue weighted by Gasteiger charge is -2.19. The predicted molar refractivity (Wildman–Crippen MR) is 66.5 cm³/mol. The molecule has 1 aromatic carbocycles. The molecule has 0 aliphatic rings. The summed E-state index contributed by atoms with van der Waals surface area (Å²) in [6.07, 6.45) is 0.0625. The summed E-state index contributed by atoms with van der Waals surface area (Å²) in [5, 5.41) is 21.6. The van der Waals surface area contributed by atoms with Gasteiger partial charge in [-0.25, -0.2) is 14.7 Å². The lowest BCUT2D eigenvalue weighted by molar-refractivity contribution is -0.139. The summed E-state index contributed by atoms with van der Waals surface area (Å²) in [6, 6.07) is 4.44. The smallest absolute Gasteiger partial charge is 0.341 e. The van der Waals surface area contributed by atoms with Crippen molar-refractivity contribution in [2.24, 2.45) is 0 Å². The van der Waals surface area contributed by atoms with Gasteiger partial charge in [0.25, 0.3) is 0 Å². The van der Waals surface area contributed by atoms with Crippen LogP contribution in [0.15, 0.2) is 24.3 Å². The summed E-state index contributed by atoms with van der Waals surface area (Å²) in [5.74, 6) is -1.12. The molecule has 0 saturated heterocycles. The van der Waals surface area contributed by atoms with Crippen LogP contribution in [-0.4, -0.2) is 47.5 Å². The second kappa shape index (κ2) is 6.60. The van der Waals surface area contributed by atoms with Gasteiger partial charge in [-0.1, -0.05) is 12.1 Å². The highest BCUT2D eigenvalue weighted by Crippen LogP contribution is 2.12. The van der Waals surface area contributed by atoms with Crippen LogP contribution in [0.4, 0.5) is 4.79 Å². The van der Waals surface area contributed by atoms with Crippen LogP contribution in [0.3, 0.4) is 0 Å². The number of hydroxylamine groups is 2. The van der Waals surface area contributed by atoms with Crippen molar-refractivity contribution in [2.75, 3.05) is 14.2 Å². The number of phenols is 1. The van der Waals surface area contributed by atoms with E-state index in [1.807, 2.05) is 0 Å². The van der Waals surface area contributed by atoms with E-state index in [1.54, 1.807) is 12.1 Å². The van der Waals surface area contributed by atoms with Crippen molar-refractivity contribution in [3.63, 3.8) is 0 Å². The summed E-state index contributed by atoms with van der Waals surface area (Å²) >= 11 is 0. The molecule has 0 unspecified atom stereocenters. The normalized spacial score (nSPS) is 11.7. The number of aromatic hydroxyl groups is 1. The van der Waals surface area contributed by atoms with Gasteiger partial charge in [0, 0.05) is 13.5 Å². The molecule has 0 aliphatic carbocycles. The molecule has 1 atom stereocenters. The van der Waals surface area contributed by atoms with Gasteiger partial charge in [-0.05, 0) is 17.7 Å². The Morgan fingerprint density at radius 3 is 2.68 bits per heavy atom. The van der Waals surface area contributed by atoms with Gasteiger partial charge in [-0.2, -0.15) is 0 Å². The second-order valence-corrected chi connectivity index (χ2v) is 3.89. The molecule has 7 nitrogen and oxygen atoms in total. The summed E-state index contributed by atoms with van der Waals surface area (Å²) < 4.78 is 0. The zero-order chi connectivity index (χ0) is 14.4. The molecule has 0 fully saturated rings. The predicted octanol–water partition coefficient (Wildman–Crippen LogP) is 0.591. The van der Waals surface area contributed by atoms with Crippen LogP contribution in [0.1, 0.15) is 5.56 Å². The number of carbonyl (C=O) groups excluding carboxylic acids is 1. The number of hydrogen-bond acceptors (Lipinski definition) is 4. The van der Waals surface area contributed by atoms with Crippen molar-refractivity contribution in [3.8, 4) is 5.75 Å². The van der Waals surface area contributed by atoms with E-state index in [1.165, 1.54) is 26.3 Å². The Bertz CT molecular complexity index is 463. The Hall–Kier alpha value is -2.28. The topological polar surface area (TPSA) is 99.1 Å². The van der Waals surface area contributed by atoms with Crippen LogP contribution < -0.4 is 5.32 Å². The van der Waals surface area contributed by atoms with Gasteiger partial charge in [0.15, 0.2) is 0 Å². The van der Waals surface area contributed by atoms with E-state index in [-0.39, 0.29) is 12.2 Å².